The highest BCUT2D eigenvalue weighted by Crippen LogP contribution is 2.36. The van der Waals surface area contributed by atoms with Crippen molar-refractivity contribution in [3.8, 4) is 0 Å². The molecule has 392 valence electrons. The Hall–Kier alpha value is -6.35. The van der Waals surface area contributed by atoms with Crippen LogP contribution in [0.1, 0.15) is 75.9 Å². The number of rotatable bonds is 21. The van der Waals surface area contributed by atoms with Gasteiger partial charge in [0, 0.05) is 64.4 Å². The van der Waals surface area contributed by atoms with E-state index in [9.17, 15) is 40.7 Å². The molecule has 0 spiro atoms. The molecule has 6 heterocycles. The van der Waals surface area contributed by atoms with Gasteiger partial charge in [-0.1, -0.05) is 13.8 Å². The number of alkyl halides is 6. The standard InChI is InChI=1S/C23H35F3N8O2.C21H29F3N8O3/c1-4-32(5-2)10-11-34-16-19(17(3)31-34)29-22-28-15-18(23(24,25)26)21(30-22)27-8-6-9-33-12-14-36-13-7-20(33)35;1-13-15(12-32(30-13)20(2,3)18(25)34)28-19-27-11-14(21(22,23)24)17(29-19)26-6-4-7-31-8-10-35-9-5-16(31)33/h15-16H,4-14H2,1-3H3,(H2,27,28,29,30);11-12H,4-10H2,1-3H3,(H2,25,34)(H2,26,27,28,29). The van der Waals surface area contributed by atoms with Crippen molar-refractivity contribution in [1.82, 2.24) is 54.2 Å². The van der Waals surface area contributed by atoms with Crippen LogP contribution in [0.15, 0.2) is 24.8 Å². The molecule has 6 N–H and O–H groups in total. The second-order valence-corrected chi connectivity index (χ2v) is 17.1. The van der Waals surface area contributed by atoms with E-state index < -0.39 is 34.9 Å². The van der Waals surface area contributed by atoms with Crippen LogP contribution in [0.2, 0.25) is 0 Å². The quantitative estimate of drug-likeness (QED) is 0.0536. The van der Waals surface area contributed by atoms with Gasteiger partial charge in [0.15, 0.2) is 0 Å². The topological polar surface area (TPSA) is 241 Å². The first-order valence-electron chi connectivity index (χ1n) is 23.3. The van der Waals surface area contributed by atoms with Gasteiger partial charge < -0.3 is 51.2 Å². The average Bonchev–Trinajstić information content (AvgIpc) is 3.68. The summed E-state index contributed by atoms with van der Waals surface area (Å²) >= 11 is 0. The van der Waals surface area contributed by atoms with Crippen LogP contribution < -0.4 is 27.0 Å². The minimum atomic E-state index is -4.66. The van der Waals surface area contributed by atoms with Crippen molar-refractivity contribution < 1.29 is 50.2 Å². The number of primary amides is 1. The minimum absolute atomic E-state index is 0.00924. The predicted molar refractivity (Wildman–Crippen MR) is 251 cm³/mol. The number of likely N-dealkylation sites (N-methyl/N-ethyl adjacent to an activating group) is 1. The zero-order valence-electron chi connectivity index (χ0n) is 40.8. The zero-order valence-corrected chi connectivity index (χ0v) is 40.8. The molecule has 2 aliphatic heterocycles. The second kappa shape index (κ2) is 25.2. The van der Waals surface area contributed by atoms with E-state index >= 15 is 0 Å². The van der Waals surface area contributed by atoms with E-state index in [2.05, 4.69) is 70.1 Å². The normalized spacial score (nSPS) is 15.0. The van der Waals surface area contributed by atoms with Gasteiger partial charge in [0.25, 0.3) is 0 Å². The SMILES string of the molecule is CCN(CC)CCn1cc(Nc2ncc(C(F)(F)F)c(NCCCN3CCOCCC3=O)n2)c(C)n1.Cc1nn(C(C)(C)C(N)=O)cc1Nc1ncc(C(F)(F)F)c(NCCCN2CCOCCC2=O)n1. The van der Waals surface area contributed by atoms with Gasteiger partial charge >= 0.3 is 12.4 Å². The van der Waals surface area contributed by atoms with Crippen LogP contribution in [0, 0.1) is 13.8 Å². The number of aryl methyl sites for hydroxylation is 2. The smallest absolute Gasteiger partial charge is 0.379 e. The lowest BCUT2D eigenvalue weighted by molar-refractivity contribution is -0.138. The highest BCUT2D eigenvalue weighted by molar-refractivity contribution is 5.82. The van der Waals surface area contributed by atoms with Crippen LogP contribution in [0.4, 0.5) is 61.2 Å². The van der Waals surface area contributed by atoms with Gasteiger partial charge in [0.2, 0.25) is 29.6 Å². The summed E-state index contributed by atoms with van der Waals surface area (Å²) < 4.78 is 94.9. The fourth-order valence-electron chi connectivity index (χ4n) is 7.19. The number of aromatic nitrogens is 8. The third kappa shape index (κ3) is 16.1. The Morgan fingerprint density at radius 3 is 1.63 bits per heavy atom. The lowest BCUT2D eigenvalue weighted by Crippen LogP contribution is -2.41. The third-order valence-corrected chi connectivity index (χ3v) is 11.7. The van der Waals surface area contributed by atoms with E-state index in [1.165, 1.54) is 10.9 Å². The van der Waals surface area contributed by atoms with Gasteiger partial charge in [-0.2, -0.15) is 46.5 Å². The molecule has 0 saturated carbocycles. The second-order valence-electron chi connectivity index (χ2n) is 17.1. The molecule has 0 bridgehead atoms. The first kappa shape index (κ1) is 55.6. The number of ether oxygens (including phenoxy) is 2. The Bertz CT molecular complexity index is 2390. The summed E-state index contributed by atoms with van der Waals surface area (Å²) in [5, 5.41) is 20.1. The fraction of sp³-hybridized carbons (Fsp3) is 0.614. The molecule has 4 aromatic rings. The maximum absolute atomic E-state index is 13.6. The van der Waals surface area contributed by atoms with Crippen molar-refractivity contribution in [1.29, 1.82) is 0 Å². The number of hydrogen-bond donors (Lipinski definition) is 5. The van der Waals surface area contributed by atoms with Crippen molar-refractivity contribution in [3.05, 3.63) is 47.3 Å². The van der Waals surface area contributed by atoms with Gasteiger partial charge in [0.1, 0.15) is 28.3 Å². The molecule has 2 saturated heterocycles. The van der Waals surface area contributed by atoms with E-state index in [1.807, 2.05) is 6.92 Å². The summed E-state index contributed by atoms with van der Waals surface area (Å²) in [6.45, 7) is 18.1. The lowest BCUT2D eigenvalue weighted by Gasteiger charge is -2.20. The van der Waals surface area contributed by atoms with Crippen LogP contribution in [0.5, 0.6) is 0 Å². The summed E-state index contributed by atoms with van der Waals surface area (Å²) in [5.41, 5.74) is 4.56. The monoisotopic (exact) mass is 1010 g/mol. The zero-order chi connectivity index (χ0) is 51.9. The minimum Gasteiger partial charge on any atom is -0.379 e. The summed E-state index contributed by atoms with van der Waals surface area (Å²) in [6.07, 6.45) is -3.00. The Morgan fingerprint density at radius 2 is 1.18 bits per heavy atom. The molecule has 0 aromatic carbocycles. The number of halogens is 6. The van der Waals surface area contributed by atoms with Crippen molar-refractivity contribution in [2.24, 2.45) is 5.73 Å². The van der Waals surface area contributed by atoms with Crippen LogP contribution in [0.25, 0.3) is 0 Å². The first-order chi connectivity index (χ1) is 33.6. The Morgan fingerprint density at radius 1 is 0.718 bits per heavy atom. The van der Waals surface area contributed by atoms with Crippen molar-refractivity contribution in [2.45, 2.75) is 91.7 Å². The third-order valence-electron chi connectivity index (χ3n) is 11.7. The van der Waals surface area contributed by atoms with Gasteiger partial charge in [-0.05, 0) is 53.6 Å². The Labute approximate surface area is 407 Å². The number of nitrogens with zero attached hydrogens (tertiary/aromatic N) is 11. The number of anilines is 6. The highest BCUT2D eigenvalue weighted by Gasteiger charge is 2.37. The molecule has 27 heteroatoms. The molecule has 21 nitrogen and oxygen atoms in total. The largest absolute Gasteiger partial charge is 0.421 e. The summed E-state index contributed by atoms with van der Waals surface area (Å²) in [5.74, 6) is -1.39. The fourth-order valence-corrected chi connectivity index (χ4v) is 7.19. The van der Waals surface area contributed by atoms with Crippen LogP contribution in [-0.4, -0.2) is 157 Å². The summed E-state index contributed by atoms with van der Waals surface area (Å²) in [6, 6.07) is 0. The van der Waals surface area contributed by atoms with Crippen molar-refractivity contribution in [2.75, 3.05) is 107 Å². The van der Waals surface area contributed by atoms with Crippen LogP contribution in [-0.2, 0) is 48.3 Å². The average molecular weight is 1010 g/mol. The van der Waals surface area contributed by atoms with Gasteiger partial charge in [-0.25, -0.2) is 9.97 Å². The predicted octanol–water partition coefficient (Wildman–Crippen LogP) is 5.15. The van der Waals surface area contributed by atoms with Gasteiger partial charge in [-0.15, -0.1) is 0 Å². The van der Waals surface area contributed by atoms with Gasteiger partial charge in [-0.3, -0.25) is 23.7 Å². The molecule has 71 heavy (non-hydrogen) atoms. The molecular weight excluding hydrogens is 947 g/mol. The molecule has 2 fully saturated rings. The molecule has 2 aliphatic rings. The Kier molecular flexibility index (Phi) is 19.7. The van der Waals surface area contributed by atoms with E-state index in [-0.39, 0.29) is 48.4 Å². The van der Waals surface area contributed by atoms with E-state index in [1.54, 1.807) is 41.4 Å². The number of nitrogens with two attached hydrogens (primary N) is 1. The van der Waals surface area contributed by atoms with Crippen LogP contribution >= 0.6 is 0 Å². The number of carbonyl (C=O) groups is 3. The first-order valence-corrected chi connectivity index (χ1v) is 23.3. The highest BCUT2D eigenvalue weighted by atomic mass is 19.4. The van der Waals surface area contributed by atoms with Gasteiger partial charge in [0.05, 0.1) is 74.8 Å². The molecular formula is C44H64F6N16O5. The van der Waals surface area contributed by atoms with E-state index in [4.69, 9.17) is 15.2 Å². The molecule has 6 rings (SSSR count). The van der Waals surface area contributed by atoms with Crippen molar-refractivity contribution in [3.63, 3.8) is 0 Å². The Balaban J connectivity index is 0.000000264. The number of amides is 3. The van der Waals surface area contributed by atoms with Crippen LogP contribution in [0.3, 0.4) is 0 Å². The summed E-state index contributed by atoms with van der Waals surface area (Å²) in [4.78, 5) is 57.2. The maximum Gasteiger partial charge on any atom is 0.421 e. The number of nitrogens with one attached hydrogen (secondary N) is 4. The number of carbonyl (C=O) groups excluding carboxylic acids is 3. The number of hydrogen-bond acceptors (Lipinski definition) is 16. The molecule has 3 amide bonds. The maximum atomic E-state index is 13.6. The van der Waals surface area contributed by atoms with E-state index in [0.29, 0.717) is 114 Å². The molecule has 0 unspecified atom stereocenters. The van der Waals surface area contributed by atoms with E-state index in [0.717, 1.165) is 25.8 Å². The lowest BCUT2D eigenvalue weighted by atomic mass is 10.1. The van der Waals surface area contributed by atoms with Crippen molar-refractivity contribution >= 4 is 52.6 Å². The molecule has 0 atom stereocenters. The molecule has 4 aromatic heterocycles. The molecule has 0 radical (unpaired) electrons. The molecule has 0 aliphatic carbocycles. The summed E-state index contributed by atoms with van der Waals surface area (Å²) in [7, 11) is 0.